The van der Waals surface area contributed by atoms with Crippen molar-refractivity contribution < 1.29 is 14.4 Å². The number of fused-ring (bicyclic) bond motifs is 2. The van der Waals surface area contributed by atoms with Crippen LogP contribution in [0.25, 0.3) is 10.9 Å². The Bertz CT molecular complexity index is 1220. The van der Waals surface area contributed by atoms with Crippen LogP contribution < -0.4 is 21.5 Å². The van der Waals surface area contributed by atoms with Gasteiger partial charge in [-0.2, -0.15) is 0 Å². The van der Waals surface area contributed by atoms with Gasteiger partial charge in [-0.05, 0) is 30.3 Å². The molecular formula is C20H17N5O4. The summed E-state index contributed by atoms with van der Waals surface area (Å²) in [6.45, 7) is 0. The normalized spacial score (nSPS) is 15.8. The summed E-state index contributed by atoms with van der Waals surface area (Å²) in [5.74, 6) is -1.39. The van der Waals surface area contributed by atoms with E-state index in [2.05, 4.69) is 20.9 Å². The van der Waals surface area contributed by atoms with Gasteiger partial charge < -0.3 is 20.5 Å². The first kappa shape index (κ1) is 18.4. The van der Waals surface area contributed by atoms with Crippen molar-refractivity contribution in [2.24, 2.45) is 7.05 Å². The van der Waals surface area contributed by atoms with E-state index < -0.39 is 23.8 Å². The highest BCUT2D eigenvalue weighted by Crippen LogP contribution is 2.19. The Balaban J connectivity index is 1.51. The molecule has 3 N–H and O–H groups in total. The molecule has 0 fully saturated rings. The van der Waals surface area contributed by atoms with Gasteiger partial charge in [0.2, 0.25) is 11.8 Å². The number of nitrogens with one attached hydrogen (secondary N) is 3. The monoisotopic (exact) mass is 391 g/mol. The molecule has 9 nitrogen and oxygen atoms in total. The summed E-state index contributed by atoms with van der Waals surface area (Å²) in [7, 11) is 1.59. The molecule has 0 bridgehead atoms. The van der Waals surface area contributed by atoms with Crippen molar-refractivity contribution in [3.05, 3.63) is 64.7 Å². The lowest BCUT2D eigenvalue weighted by Crippen LogP contribution is -2.43. The highest BCUT2D eigenvalue weighted by molar-refractivity contribution is 6.11. The summed E-state index contributed by atoms with van der Waals surface area (Å²) in [5, 5.41) is 8.25. The second kappa shape index (κ2) is 7.19. The summed E-state index contributed by atoms with van der Waals surface area (Å²) in [6.07, 6.45) is 1.17. The Morgan fingerprint density at radius 3 is 2.79 bits per heavy atom. The molecule has 1 atom stereocenters. The van der Waals surface area contributed by atoms with Gasteiger partial charge in [-0.1, -0.05) is 12.1 Å². The molecular weight excluding hydrogens is 374 g/mol. The minimum atomic E-state index is -1.02. The molecule has 3 aromatic rings. The van der Waals surface area contributed by atoms with Crippen LogP contribution >= 0.6 is 0 Å². The Labute approximate surface area is 164 Å². The lowest BCUT2D eigenvalue weighted by atomic mass is 10.1. The third kappa shape index (κ3) is 3.57. The van der Waals surface area contributed by atoms with Crippen LogP contribution in [0.5, 0.6) is 0 Å². The highest BCUT2D eigenvalue weighted by atomic mass is 16.2. The van der Waals surface area contributed by atoms with E-state index in [0.717, 1.165) is 0 Å². The first-order valence-corrected chi connectivity index (χ1v) is 8.88. The van der Waals surface area contributed by atoms with Crippen molar-refractivity contribution in [1.82, 2.24) is 14.9 Å². The molecule has 2 heterocycles. The lowest BCUT2D eigenvalue weighted by molar-refractivity contribution is -0.122. The number of benzene rings is 2. The Hall–Kier alpha value is -4.01. The van der Waals surface area contributed by atoms with E-state index >= 15 is 0 Å². The van der Waals surface area contributed by atoms with E-state index in [4.69, 9.17) is 0 Å². The SMILES string of the molecule is Cn1cnc2ccc(NC(=O)C[C@@H]3NC(=O)c4ccccc4NC3=O)cc2c1=O. The quantitative estimate of drug-likeness (QED) is 0.615. The number of para-hydroxylation sites is 1. The molecule has 0 saturated carbocycles. The van der Waals surface area contributed by atoms with Gasteiger partial charge in [0.05, 0.1) is 34.9 Å². The molecule has 0 saturated heterocycles. The van der Waals surface area contributed by atoms with Crippen molar-refractivity contribution in [1.29, 1.82) is 0 Å². The standard InChI is InChI=1S/C20H17N5O4/c1-25-10-21-14-7-6-11(8-13(14)20(25)29)22-17(26)9-16-19(28)23-15-5-3-2-4-12(15)18(27)24-16/h2-8,10,16H,9H2,1H3,(H,22,26)(H,23,28)(H,24,27)/t16-/m0/s1. The topological polar surface area (TPSA) is 122 Å². The molecule has 2 aromatic carbocycles. The zero-order valence-corrected chi connectivity index (χ0v) is 15.4. The van der Waals surface area contributed by atoms with Gasteiger partial charge in [-0.3, -0.25) is 19.2 Å². The maximum Gasteiger partial charge on any atom is 0.260 e. The number of hydrogen-bond acceptors (Lipinski definition) is 5. The van der Waals surface area contributed by atoms with Crippen LogP contribution in [0.1, 0.15) is 16.8 Å². The molecule has 9 heteroatoms. The summed E-state index contributed by atoms with van der Waals surface area (Å²) >= 11 is 0. The van der Waals surface area contributed by atoms with Gasteiger partial charge in [0.1, 0.15) is 6.04 Å². The average Bonchev–Trinajstić information content (AvgIpc) is 2.81. The van der Waals surface area contributed by atoms with E-state index in [1.807, 2.05) is 0 Å². The molecule has 146 valence electrons. The first-order valence-electron chi connectivity index (χ1n) is 8.88. The van der Waals surface area contributed by atoms with Crippen molar-refractivity contribution in [3.63, 3.8) is 0 Å². The van der Waals surface area contributed by atoms with Gasteiger partial charge in [-0.25, -0.2) is 4.98 Å². The lowest BCUT2D eigenvalue weighted by Gasteiger charge is -2.14. The molecule has 1 aliphatic rings. The molecule has 29 heavy (non-hydrogen) atoms. The van der Waals surface area contributed by atoms with E-state index in [1.54, 1.807) is 43.4 Å². The van der Waals surface area contributed by atoms with Crippen LogP contribution in [0.2, 0.25) is 0 Å². The number of nitrogens with zero attached hydrogens (tertiary/aromatic N) is 2. The second-order valence-electron chi connectivity index (χ2n) is 6.71. The van der Waals surface area contributed by atoms with Crippen LogP contribution in [-0.4, -0.2) is 33.3 Å². The smallest absolute Gasteiger partial charge is 0.260 e. The Morgan fingerprint density at radius 2 is 1.97 bits per heavy atom. The van der Waals surface area contributed by atoms with Crippen molar-refractivity contribution in [3.8, 4) is 0 Å². The van der Waals surface area contributed by atoms with E-state index in [1.165, 1.54) is 17.0 Å². The fourth-order valence-corrected chi connectivity index (χ4v) is 3.14. The fraction of sp³-hybridized carbons (Fsp3) is 0.150. The van der Waals surface area contributed by atoms with Gasteiger partial charge in [0.15, 0.2) is 0 Å². The number of rotatable bonds is 3. The van der Waals surface area contributed by atoms with Gasteiger partial charge in [0.25, 0.3) is 11.5 Å². The first-order chi connectivity index (χ1) is 13.9. The molecule has 4 rings (SSSR count). The maximum absolute atomic E-state index is 12.5. The van der Waals surface area contributed by atoms with Gasteiger partial charge in [0, 0.05) is 12.7 Å². The number of amides is 3. The summed E-state index contributed by atoms with van der Waals surface area (Å²) < 4.78 is 1.34. The zero-order valence-electron chi connectivity index (χ0n) is 15.4. The van der Waals surface area contributed by atoms with Gasteiger partial charge >= 0.3 is 0 Å². The van der Waals surface area contributed by atoms with Crippen LogP contribution in [0.4, 0.5) is 11.4 Å². The van der Waals surface area contributed by atoms with E-state index in [-0.39, 0.29) is 12.0 Å². The van der Waals surface area contributed by atoms with E-state index in [9.17, 15) is 19.2 Å². The Kier molecular flexibility index (Phi) is 4.55. The summed E-state index contributed by atoms with van der Waals surface area (Å²) in [4.78, 5) is 53.6. The minimum Gasteiger partial charge on any atom is -0.340 e. The van der Waals surface area contributed by atoms with E-state index in [0.29, 0.717) is 27.8 Å². The third-order valence-electron chi connectivity index (χ3n) is 4.64. The summed E-state index contributed by atoms with van der Waals surface area (Å²) in [6, 6.07) is 10.4. The molecule has 0 aliphatic carbocycles. The molecule has 0 radical (unpaired) electrons. The van der Waals surface area contributed by atoms with Crippen LogP contribution in [0.3, 0.4) is 0 Å². The average molecular weight is 391 g/mol. The van der Waals surface area contributed by atoms with Crippen LogP contribution in [0, 0.1) is 0 Å². The van der Waals surface area contributed by atoms with Gasteiger partial charge in [-0.15, -0.1) is 0 Å². The number of aromatic nitrogens is 2. The second-order valence-corrected chi connectivity index (χ2v) is 6.71. The molecule has 1 aromatic heterocycles. The fourth-order valence-electron chi connectivity index (χ4n) is 3.14. The predicted molar refractivity (Wildman–Crippen MR) is 107 cm³/mol. The number of carbonyl (C=O) groups excluding carboxylic acids is 3. The molecule has 0 spiro atoms. The van der Waals surface area contributed by atoms with Crippen LogP contribution in [0.15, 0.2) is 53.6 Å². The highest BCUT2D eigenvalue weighted by Gasteiger charge is 2.29. The zero-order chi connectivity index (χ0) is 20.5. The molecule has 3 amide bonds. The van der Waals surface area contributed by atoms with Crippen molar-refractivity contribution in [2.75, 3.05) is 10.6 Å². The maximum atomic E-state index is 12.5. The molecule has 0 unspecified atom stereocenters. The van der Waals surface area contributed by atoms with Crippen LogP contribution in [-0.2, 0) is 16.6 Å². The minimum absolute atomic E-state index is 0.237. The third-order valence-corrected chi connectivity index (χ3v) is 4.64. The molecule has 1 aliphatic heterocycles. The largest absolute Gasteiger partial charge is 0.340 e. The Morgan fingerprint density at radius 1 is 1.17 bits per heavy atom. The number of aryl methyl sites for hydroxylation is 1. The number of hydrogen-bond donors (Lipinski definition) is 3. The predicted octanol–water partition coefficient (Wildman–Crippen LogP) is 1.01. The van der Waals surface area contributed by atoms with Crippen molar-refractivity contribution >= 4 is 40.0 Å². The summed E-state index contributed by atoms with van der Waals surface area (Å²) in [5.41, 5.74) is 1.41. The number of anilines is 2. The van der Waals surface area contributed by atoms with Crippen molar-refractivity contribution in [2.45, 2.75) is 12.5 Å². The number of carbonyl (C=O) groups is 3.